The number of amidine groups is 2. The highest BCUT2D eigenvalue weighted by Crippen LogP contribution is 2.28. The third-order valence-corrected chi connectivity index (χ3v) is 5.77. The van der Waals surface area contributed by atoms with Crippen LogP contribution in [0.5, 0.6) is 11.5 Å². The van der Waals surface area contributed by atoms with Crippen molar-refractivity contribution in [1.29, 1.82) is 0 Å². The molecule has 4 aromatic rings. The molecule has 0 aliphatic carbocycles. The highest BCUT2D eigenvalue weighted by molar-refractivity contribution is 6.03. The van der Waals surface area contributed by atoms with Gasteiger partial charge in [0, 0.05) is 54.7 Å². The Morgan fingerprint density at radius 3 is 1.68 bits per heavy atom. The maximum absolute atomic E-state index is 9.00. The van der Waals surface area contributed by atoms with E-state index < -0.39 is 11.9 Å². The molecule has 3 aromatic carbocycles. The maximum atomic E-state index is 9.00. The first-order valence-corrected chi connectivity index (χ1v) is 12.8. The molecule has 40 heavy (non-hydrogen) atoms. The zero-order valence-corrected chi connectivity index (χ0v) is 22.3. The topological polar surface area (TPSA) is 148 Å². The lowest BCUT2D eigenvalue weighted by molar-refractivity contribution is -0.135. The van der Waals surface area contributed by atoms with Gasteiger partial charge in [0.2, 0.25) is 0 Å². The Kier molecular flexibility index (Phi) is 9.14. The number of aromatic nitrogens is 1. The van der Waals surface area contributed by atoms with Crippen LogP contribution in [0.2, 0.25) is 0 Å². The summed E-state index contributed by atoms with van der Waals surface area (Å²) in [5, 5.41) is 22.6. The standard InChI is InChI=1S/C26H23N5O.2C2H4O2/c1-6-21(32-22-8-3-18(4-9-22)25-27-11-12-28-25)7-2-17(1)24-16-20-15-19(5-10-23(20)31-24)26-29-13-14-30-26;2*1-2(3)4/h1-10,15-16,31H,11-14H2,(H,27,28)(H,29,30);2*1H3,(H,3,4). The van der Waals surface area contributed by atoms with Gasteiger partial charge in [0.15, 0.2) is 0 Å². The predicted octanol–water partition coefficient (Wildman–Crippen LogP) is 4.51. The predicted molar refractivity (Wildman–Crippen MR) is 156 cm³/mol. The van der Waals surface area contributed by atoms with Crippen molar-refractivity contribution in [2.45, 2.75) is 13.8 Å². The molecule has 0 atom stereocenters. The van der Waals surface area contributed by atoms with Crippen LogP contribution < -0.4 is 15.4 Å². The molecule has 2 aliphatic rings. The Balaban J connectivity index is 0.000000412. The number of carboxylic acid groups (broad SMARTS) is 2. The number of hydrogen-bond acceptors (Lipinski definition) is 7. The van der Waals surface area contributed by atoms with Crippen LogP contribution >= 0.6 is 0 Å². The van der Waals surface area contributed by atoms with Gasteiger partial charge >= 0.3 is 0 Å². The SMILES string of the molecule is CC(=O)O.CC(=O)O.c1cc(C2=NCCN2)ccc1Oc1ccc(-c2cc3cc(C4=NCCN4)ccc3[nH]2)cc1. The van der Waals surface area contributed by atoms with Crippen molar-refractivity contribution in [2.75, 3.05) is 26.2 Å². The Bertz CT molecular complexity index is 1520. The minimum Gasteiger partial charge on any atom is -0.481 e. The van der Waals surface area contributed by atoms with E-state index in [0.29, 0.717) is 0 Å². The molecule has 0 amide bonds. The molecule has 3 heterocycles. The molecule has 10 heteroatoms. The van der Waals surface area contributed by atoms with Gasteiger partial charge in [-0.2, -0.15) is 0 Å². The first kappa shape index (κ1) is 27.9. The molecule has 0 unspecified atom stereocenters. The summed E-state index contributed by atoms with van der Waals surface area (Å²) in [5.41, 5.74) is 5.53. The van der Waals surface area contributed by atoms with E-state index in [9.17, 15) is 0 Å². The molecule has 0 saturated carbocycles. The number of ether oxygens (including phenoxy) is 1. The first-order chi connectivity index (χ1) is 19.3. The summed E-state index contributed by atoms with van der Waals surface area (Å²) in [6, 6.07) is 24.8. The molecule has 1 aromatic heterocycles. The fourth-order valence-corrected chi connectivity index (χ4v) is 4.14. The van der Waals surface area contributed by atoms with E-state index in [1.54, 1.807) is 0 Å². The summed E-state index contributed by atoms with van der Waals surface area (Å²) in [6.07, 6.45) is 0. The summed E-state index contributed by atoms with van der Waals surface area (Å²) in [5.74, 6) is 1.89. The second kappa shape index (κ2) is 13.1. The normalized spacial score (nSPS) is 13.4. The van der Waals surface area contributed by atoms with Gasteiger partial charge in [0.1, 0.15) is 23.2 Å². The van der Waals surface area contributed by atoms with Crippen molar-refractivity contribution in [1.82, 2.24) is 15.6 Å². The highest BCUT2D eigenvalue weighted by atomic mass is 16.5. The summed E-state index contributed by atoms with van der Waals surface area (Å²) < 4.78 is 6.03. The third kappa shape index (κ3) is 7.70. The van der Waals surface area contributed by atoms with Crippen molar-refractivity contribution in [3.63, 3.8) is 0 Å². The molecule has 10 nitrogen and oxygen atoms in total. The average Bonchev–Trinajstić information content (AvgIpc) is 3.71. The van der Waals surface area contributed by atoms with Crippen LogP contribution in [-0.4, -0.2) is 65.0 Å². The quantitative estimate of drug-likeness (QED) is 0.250. The lowest BCUT2D eigenvalue weighted by Gasteiger charge is -2.08. The second-order valence-electron chi connectivity index (χ2n) is 8.99. The van der Waals surface area contributed by atoms with E-state index in [-0.39, 0.29) is 0 Å². The lowest BCUT2D eigenvalue weighted by atomic mass is 10.1. The van der Waals surface area contributed by atoms with Crippen LogP contribution in [0.1, 0.15) is 25.0 Å². The van der Waals surface area contributed by atoms with Crippen molar-refractivity contribution < 1.29 is 24.5 Å². The summed E-state index contributed by atoms with van der Waals surface area (Å²) >= 11 is 0. The Morgan fingerprint density at radius 1 is 0.700 bits per heavy atom. The van der Waals surface area contributed by atoms with Gasteiger partial charge in [-0.25, -0.2) is 0 Å². The van der Waals surface area contributed by atoms with Crippen molar-refractivity contribution in [3.05, 3.63) is 83.9 Å². The van der Waals surface area contributed by atoms with Crippen molar-refractivity contribution in [3.8, 4) is 22.8 Å². The number of aromatic amines is 1. The van der Waals surface area contributed by atoms with Crippen LogP contribution in [0.4, 0.5) is 0 Å². The first-order valence-electron chi connectivity index (χ1n) is 12.8. The molecule has 206 valence electrons. The van der Waals surface area contributed by atoms with Gasteiger partial charge in [-0.1, -0.05) is 0 Å². The number of nitrogens with one attached hydrogen (secondary N) is 3. The van der Waals surface area contributed by atoms with Crippen LogP contribution in [0.25, 0.3) is 22.2 Å². The number of carboxylic acids is 2. The Hall–Kier alpha value is -5.12. The molecular weight excluding hydrogens is 510 g/mol. The average molecular weight is 542 g/mol. The van der Waals surface area contributed by atoms with E-state index in [0.717, 1.165) is 91.1 Å². The highest BCUT2D eigenvalue weighted by Gasteiger charge is 2.11. The van der Waals surface area contributed by atoms with Gasteiger partial charge in [-0.05, 0) is 78.4 Å². The second-order valence-corrected chi connectivity index (χ2v) is 8.99. The maximum Gasteiger partial charge on any atom is 0.300 e. The van der Waals surface area contributed by atoms with Crippen molar-refractivity contribution >= 4 is 34.5 Å². The fraction of sp³-hybridized carbons (Fsp3) is 0.200. The largest absolute Gasteiger partial charge is 0.481 e. The molecule has 0 fully saturated rings. The van der Waals surface area contributed by atoms with Gasteiger partial charge in [0.05, 0.1) is 13.1 Å². The molecular formula is C30H31N5O5. The van der Waals surface area contributed by atoms with Crippen LogP contribution in [-0.2, 0) is 9.59 Å². The van der Waals surface area contributed by atoms with E-state index in [2.05, 4.69) is 62.0 Å². The van der Waals surface area contributed by atoms with E-state index in [1.807, 2.05) is 36.4 Å². The number of rotatable bonds is 5. The van der Waals surface area contributed by atoms with Gasteiger partial charge in [0.25, 0.3) is 11.9 Å². The van der Waals surface area contributed by atoms with Crippen LogP contribution in [0.3, 0.4) is 0 Å². The molecule has 2 aliphatic heterocycles. The minimum atomic E-state index is -0.833. The molecule has 0 saturated heterocycles. The Morgan fingerprint density at radius 2 is 1.18 bits per heavy atom. The van der Waals surface area contributed by atoms with Gasteiger partial charge in [-0.3, -0.25) is 19.6 Å². The number of nitrogens with zero attached hydrogens (tertiary/aromatic N) is 2. The van der Waals surface area contributed by atoms with Crippen LogP contribution in [0.15, 0.2) is 82.8 Å². The van der Waals surface area contributed by atoms with Crippen molar-refractivity contribution in [2.24, 2.45) is 9.98 Å². The van der Waals surface area contributed by atoms with Gasteiger partial charge in [-0.15, -0.1) is 0 Å². The Labute approximate surface area is 231 Å². The number of hydrogen-bond donors (Lipinski definition) is 5. The van der Waals surface area contributed by atoms with E-state index in [4.69, 9.17) is 24.5 Å². The lowest BCUT2D eigenvalue weighted by Crippen LogP contribution is -2.19. The number of H-pyrrole nitrogens is 1. The number of aliphatic imine (C=N–C) groups is 2. The number of carbonyl (C=O) groups is 2. The summed E-state index contributed by atoms with van der Waals surface area (Å²) in [4.78, 5) is 30.5. The molecule has 0 spiro atoms. The number of aliphatic carboxylic acids is 2. The zero-order valence-electron chi connectivity index (χ0n) is 22.3. The minimum absolute atomic E-state index is 0.807. The van der Waals surface area contributed by atoms with E-state index in [1.165, 1.54) is 5.39 Å². The summed E-state index contributed by atoms with van der Waals surface area (Å²) in [6.45, 7) is 5.67. The monoisotopic (exact) mass is 541 g/mol. The fourth-order valence-electron chi connectivity index (χ4n) is 4.14. The zero-order chi connectivity index (χ0) is 28.5. The third-order valence-electron chi connectivity index (χ3n) is 5.77. The number of fused-ring (bicyclic) bond motifs is 1. The van der Waals surface area contributed by atoms with E-state index >= 15 is 0 Å². The van der Waals surface area contributed by atoms with Crippen LogP contribution in [0, 0.1) is 0 Å². The molecule has 0 bridgehead atoms. The molecule has 5 N–H and O–H groups in total. The molecule has 6 rings (SSSR count). The van der Waals surface area contributed by atoms with Gasteiger partial charge < -0.3 is 30.6 Å². The summed E-state index contributed by atoms with van der Waals surface area (Å²) in [7, 11) is 0. The number of benzene rings is 3. The smallest absolute Gasteiger partial charge is 0.300 e. The molecule has 0 radical (unpaired) electrons.